The van der Waals surface area contributed by atoms with Gasteiger partial charge in [0.25, 0.3) is 14.4 Å². The molecule has 0 saturated heterocycles. The summed E-state index contributed by atoms with van der Waals surface area (Å²) in [6, 6.07) is 5.29. The molecule has 0 unspecified atom stereocenters. The molecule has 2 N–H and O–H groups in total. The van der Waals surface area contributed by atoms with Crippen LogP contribution in [0.4, 0.5) is 10.8 Å². The molecule has 0 aliphatic rings. The number of nitrogens with one attached hydrogen (secondary N) is 2. The molecule has 0 atom stereocenters. The molecule has 0 aliphatic heterocycles. The number of amides is 1. The largest absolute Gasteiger partial charge is 0.301 e. The molecule has 0 bridgehead atoms. The molecular formula is C11H11BrN4O3S2. The van der Waals surface area contributed by atoms with Crippen LogP contribution in [0.2, 0.25) is 0 Å². The van der Waals surface area contributed by atoms with Crippen molar-refractivity contribution in [3.8, 4) is 0 Å². The molecule has 21 heavy (non-hydrogen) atoms. The molecule has 1 heterocycles. The van der Waals surface area contributed by atoms with Crippen molar-refractivity contribution in [2.75, 3.05) is 10.0 Å². The van der Waals surface area contributed by atoms with Crippen LogP contribution in [0, 0.1) is 6.92 Å². The van der Waals surface area contributed by atoms with Gasteiger partial charge in [0, 0.05) is 11.4 Å². The van der Waals surface area contributed by atoms with Crippen LogP contribution in [0.15, 0.2) is 27.0 Å². The molecule has 7 nitrogen and oxygen atoms in total. The van der Waals surface area contributed by atoms with Crippen molar-refractivity contribution >= 4 is 54.0 Å². The second kappa shape index (κ2) is 6.08. The lowest BCUT2D eigenvalue weighted by Gasteiger charge is -2.08. The highest BCUT2D eigenvalue weighted by molar-refractivity contribution is 9.10. The maximum Gasteiger partial charge on any atom is 0.291 e. The molecule has 2 aromatic rings. The summed E-state index contributed by atoms with van der Waals surface area (Å²) in [5, 5.41) is 9.70. The van der Waals surface area contributed by atoms with Gasteiger partial charge in [0.1, 0.15) is 0 Å². The Labute approximate surface area is 134 Å². The normalized spacial score (nSPS) is 11.2. The molecule has 10 heteroatoms. The fraction of sp³-hybridized carbons (Fsp3) is 0.182. The number of aryl methyl sites for hydroxylation is 1. The highest BCUT2D eigenvalue weighted by Gasteiger charge is 2.21. The van der Waals surface area contributed by atoms with E-state index in [2.05, 4.69) is 36.2 Å². The average Bonchev–Trinajstić information content (AvgIpc) is 2.82. The summed E-state index contributed by atoms with van der Waals surface area (Å²) in [6.07, 6.45) is 0. The van der Waals surface area contributed by atoms with E-state index >= 15 is 0 Å². The fourth-order valence-corrected chi connectivity index (χ4v) is 3.92. The molecule has 0 fully saturated rings. The molecular weight excluding hydrogens is 380 g/mol. The Balaban J connectivity index is 2.28. The van der Waals surface area contributed by atoms with Gasteiger partial charge in [0.05, 0.1) is 5.69 Å². The van der Waals surface area contributed by atoms with Gasteiger partial charge in [0.15, 0.2) is 0 Å². The summed E-state index contributed by atoms with van der Waals surface area (Å²) in [4.78, 5) is 10.9. The predicted octanol–water partition coefficient (Wildman–Crippen LogP) is 2.37. The highest BCUT2D eigenvalue weighted by Crippen LogP contribution is 2.27. The maximum atomic E-state index is 12.2. The minimum atomic E-state index is -3.85. The quantitative estimate of drug-likeness (QED) is 0.780. The minimum absolute atomic E-state index is 0.131. The first-order valence-electron chi connectivity index (χ1n) is 5.68. The number of anilines is 2. The van der Waals surface area contributed by atoms with Gasteiger partial charge >= 0.3 is 0 Å². The SMILES string of the molecule is CC(=O)Nc1nnc(S(=O)(=O)Nc2cc(C)ccc2Br)s1. The lowest BCUT2D eigenvalue weighted by atomic mass is 10.2. The molecule has 1 aromatic heterocycles. The van der Waals surface area contributed by atoms with E-state index in [0.717, 1.165) is 16.9 Å². The third-order valence-electron chi connectivity index (χ3n) is 2.29. The van der Waals surface area contributed by atoms with Gasteiger partial charge in [-0.15, -0.1) is 10.2 Å². The number of nitrogens with zero attached hydrogens (tertiary/aromatic N) is 2. The maximum absolute atomic E-state index is 12.2. The first-order chi connectivity index (χ1) is 9.78. The third-order valence-corrected chi connectivity index (χ3v) is 5.55. The molecule has 0 aliphatic carbocycles. The van der Waals surface area contributed by atoms with E-state index in [4.69, 9.17) is 0 Å². The molecule has 0 spiro atoms. The Morgan fingerprint density at radius 1 is 1.33 bits per heavy atom. The molecule has 1 aromatic carbocycles. The number of sulfonamides is 1. The van der Waals surface area contributed by atoms with E-state index in [0.29, 0.717) is 10.2 Å². The number of carbonyl (C=O) groups is 1. The van der Waals surface area contributed by atoms with Crippen LogP contribution in [0.25, 0.3) is 0 Å². The first kappa shape index (κ1) is 15.9. The summed E-state index contributed by atoms with van der Waals surface area (Å²) >= 11 is 4.05. The van der Waals surface area contributed by atoms with Gasteiger partial charge in [0.2, 0.25) is 11.0 Å². The van der Waals surface area contributed by atoms with E-state index in [1.807, 2.05) is 13.0 Å². The first-order valence-corrected chi connectivity index (χ1v) is 8.77. The monoisotopic (exact) mass is 390 g/mol. The summed E-state index contributed by atoms with van der Waals surface area (Å²) < 4.78 is 27.3. The number of halogens is 1. The van der Waals surface area contributed by atoms with Crippen molar-refractivity contribution in [1.29, 1.82) is 0 Å². The van der Waals surface area contributed by atoms with Gasteiger partial charge < -0.3 is 5.32 Å². The summed E-state index contributed by atoms with van der Waals surface area (Å²) in [5.74, 6) is -0.343. The number of benzene rings is 1. The molecule has 1 amide bonds. The van der Waals surface area contributed by atoms with Gasteiger partial charge in [-0.1, -0.05) is 17.4 Å². The topological polar surface area (TPSA) is 101 Å². The van der Waals surface area contributed by atoms with Gasteiger partial charge in [-0.3, -0.25) is 9.52 Å². The number of aromatic nitrogens is 2. The zero-order valence-electron chi connectivity index (χ0n) is 11.0. The summed E-state index contributed by atoms with van der Waals surface area (Å²) in [7, 11) is -3.85. The second-order valence-corrected chi connectivity index (χ2v) is 7.83. The van der Waals surface area contributed by atoms with E-state index in [1.165, 1.54) is 6.92 Å². The standard InChI is InChI=1S/C11H11BrN4O3S2/c1-6-3-4-8(12)9(5-6)16-21(18,19)11-15-14-10(20-11)13-7(2)17/h3-5,16H,1-2H3,(H,13,14,17). The van der Waals surface area contributed by atoms with Gasteiger partial charge in [-0.2, -0.15) is 8.42 Å². The molecule has 0 radical (unpaired) electrons. The lowest BCUT2D eigenvalue weighted by Crippen LogP contribution is -2.13. The molecule has 0 saturated carbocycles. The van der Waals surface area contributed by atoms with Gasteiger partial charge in [-0.25, -0.2) is 0 Å². The minimum Gasteiger partial charge on any atom is -0.301 e. The average molecular weight is 391 g/mol. The van der Waals surface area contributed by atoms with Crippen LogP contribution >= 0.6 is 27.3 Å². The Hall–Kier alpha value is -1.52. The van der Waals surface area contributed by atoms with Crippen molar-refractivity contribution < 1.29 is 13.2 Å². The van der Waals surface area contributed by atoms with Crippen molar-refractivity contribution in [3.05, 3.63) is 28.2 Å². The predicted molar refractivity (Wildman–Crippen MR) is 83.9 cm³/mol. The summed E-state index contributed by atoms with van der Waals surface area (Å²) in [5.41, 5.74) is 1.32. The van der Waals surface area contributed by atoms with Crippen molar-refractivity contribution in [1.82, 2.24) is 10.2 Å². The highest BCUT2D eigenvalue weighted by atomic mass is 79.9. The van der Waals surface area contributed by atoms with Crippen LogP contribution < -0.4 is 10.0 Å². The van der Waals surface area contributed by atoms with E-state index < -0.39 is 10.0 Å². The van der Waals surface area contributed by atoms with Crippen LogP contribution in [0.1, 0.15) is 12.5 Å². The zero-order valence-corrected chi connectivity index (χ0v) is 14.3. The number of hydrogen-bond donors (Lipinski definition) is 2. The second-order valence-electron chi connectivity index (χ2n) is 4.14. The number of carbonyl (C=O) groups excluding carboxylic acids is 1. The van der Waals surface area contributed by atoms with Crippen molar-refractivity contribution in [2.45, 2.75) is 18.2 Å². The molecule has 112 valence electrons. The van der Waals surface area contributed by atoms with Gasteiger partial charge in [-0.05, 0) is 40.5 Å². The number of hydrogen-bond acceptors (Lipinski definition) is 6. The lowest BCUT2D eigenvalue weighted by molar-refractivity contribution is -0.114. The van der Waals surface area contributed by atoms with Crippen LogP contribution in [-0.4, -0.2) is 24.5 Å². The van der Waals surface area contributed by atoms with Crippen LogP contribution in [-0.2, 0) is 14.8 Å². The van der Waals surface area contributed by atoms with E-state index in [-0.39, 0.29) is 15.4 Å². The number of rotatable bonds is 4. The van der Waals surface area contributed by atoms with Crippen molar-refractivity contribution in [3.63, 3.8) is 0 Å². The molecule has 2 rings (SSSR count). The summed E-state index contributed by atoms with van der Waals surface area (Å²) in [6.45, 7) is 3.15. The third kappa shape index (κ3) is 3.99. The van der Waals surface area contributed by atoms with Crippen molar-refractivity contribution in [2.24, 2.45) is 0 Å². The fourth-order valence-electron chi connectivity index (χ4n) is 1.43. The van der Waals surface area contributed by atoms with Crippen LogP contribution in [0.3, 0.4) is 0 Å². The Bertz CT molecular complexity index is 789. The Morgan fingerprint density at radius 3 is 2.71 bits per heavy atom. The van der Waals surface area contributed by atoms with E-state index in [1.54, 1.807) is 12.1 Å². The van der Waals surface area contributed by atoms with E-state index in [9.17, 15) is 13.2 Å². The Morgan fingerprint density at radius 2 is 2.05 bits per heavy atom. The zero-order chi connectivity index (χ0) is 15.6. The van der Waals surface area contributed by atoms with Crippen LogP contribution in [0.5, 0.6) is 0 Å². The Kier molecular flexibility index (Phi) is 4.59. The smallest absolute Gasteiger partial charge is 0.291 e.